The number of carboxylic acids is 2. The van der Waals surface area contributed by atoms with Crippen molar-refractivity contribution in [1.82, 2.24) is 20.7 Å². The van der Waals surface area contributed by atoms with Crippen LogP contribution in [0.5, 0.6) is 0 Å². The highest BCUT2D eigenvalue weighted by Gasteiger charge is 2.25. The Morgan fingerprint density at radius 3 is 1.82 bits per heavy atom. The van der Waals surface area contributed by atoms with E-state index in [9.17, 15) is 51.8 Å². The van der Waals surface area contributed by atoms with Gasteiger partial charge in [0.2, 0.25) is 27.7 Å². The minimum atomic E-state index is -4.17. The van der Waals surface area contributed by atoms with E-state index in [2.05, 4.69) is 16.0 Å². The Morgan fingerprint density at radius 1 is 0.775 bits per heavy atom. The van der Waals surface area contributed by atoms with Crippen molar-refractivity contribution in [3.05, 3.63) is 0 Å². The van der Waals surface area contributed by atoms with Crippen molar-refractivity contribution in [3.8, 4) is 0 Å². The van der Waals surface area contributed by atoms with Gasteiger partial charge in [-0.05, 0) is 26.2 Å². The first-order chi connectivity index (χ1) is 18.8. The quantitative estimate of drug-likeness (QED) is 0.0701. The van der Waals surface area contributed by atoms with Gasteiger partial charge in [-0.3, -0.25) is 23.9 Å². The number of hydrogen-bond donors (Lipinski definition) is 6. The molecule has 2 unspecified atom stereocenters. The molecule has 0 aromatic rings. The maximum atomic E-state index is 12.2. The lowest BCUT2D eigenvalue weighted by Crippen LogP contribution is -2.44. The molecule has 18 heteroatoms. The average Bonchev–Trinajstić information content (AvgIpc) is 2.87. The monoisotopic (exact) mass is 600 g/mol. The van der Waals surface area contributed by atoms with Crippen LogP contribution in [-0.4, -0.2) is 112 Å². The van der Waals surface area contributed by atoms with Gasteiger partial charge in [0.25, 0.3) is 5.91 Å². The number of aliphatic carboxylic acids is 2. The fourth-order valence-electron chi connectivity index (χ4n) is 2.99. The zero-order valence-corrected chi connectivity index (χ0v) is 22.9. The average molecular weight is 601 g/mol. The molecular formula is C22H37FN4O12S. The summed E-state index contributed by atoms with van der Waals surface area (Å²) >= 11 is 0. The molecule has 0 radical (unpaired) electrons. The first kappa shape index (κ1) is 36.6. The number of carboxylic acid groups (broad SMARTS) is 2. The van der Waals surface area contributed by atoms with E-state index in [0.717, 1.165) is 0 Å². The van der Waals surface area contributed by atoms with Crippen molar-refractivity contribution in [3.63, 3.8) is 0 Å². The number of carbonyl (C=O) groups excluding carboxylic acids is 4. The van der Waals surface area contributed by atoms with E-state index in [1.54, 1.807) is 0 Å². The Morgan fingerprint density at radius 2 is 1.30 bits per heavy atom. The third kappa shape index (κ3) is 18.8. The lowest BCUT2D eigenvalue weighted by molar-refractivity contribution is -0.143. The van der Waals surface area contributed by atoms with Gasteiger partial charge < -0.3 is 35.6 Å². The fraction of sp³-hybridized carbons (Fsp3) is 0.727. The maximum Gasteiger partial charge on any atom is 0.326 e. The third-order valence-electron chi connectivity index (χ3n) is 4.94. The summed E-state index contributed by atoms with van der Waals surface area (Å²) in [7, 11) is -4.17. The minimum Gasteiger partial charge on any atom is -0.480 e. The van der Waals surface area contributed by atoms with Gasteiger partial charge in [-0.2, -0.15) is 0 Å². The van der Waals surface area contributed by atoms with Crippen LogP contribution in [0.4, 0.5) is 4.39 Å². The summed E-state index contributed by atoms with van der Waals surface area (Å²) < 4.78 is 47.0. The summed E-state index contributed by atoms with van der Waals surface area (Å²) in [6, 6.07) is -2.95. The number of ether oxygens (including phenoxy) is 2. The Hall–Kier alpha value is -3.38. The van der Waals surface area contributed by atoms with Crippen LogP contribution in [0, 0.1) is 0 Å². The number of rotatable bonds is 23. The van der Waals surface area contributed by atoms with Crippen molar-refractivity contribution >= 4 is 45.6 Å². The molecule has 16 nitrogen and oxygen atoms in total. The van der Waals surface area contributed by atoms with E-state index in [1.165, 1.54) is 4.72 Å². The Balaban J connectivity index is 4.50. The number of sulfonamides is 1. The number of halogens is 1. The van der Waals surface area contributed by atoms with Crippen molar-refractivity contribution in [2.45, 2.75) is 57.5 Å². The summed E-state index contributed by atoms with van der Waals surface area (Å²) in [5.74, 6) is -7.08. The van der Waals surface area contributed by atoms with Crippen LogP contribution in [0.2, 0.25) is 0 Å². The zero-order chi connectivity index (χ0) is 30.6. The molecule has 0 heterocycles. The third-order valence-corrected chi connectivity index (χ3v) is 6.30. The van der Waals surface area contributed by atoms with Crippen LogP contribution in [-0.2, 0) is 48.3 Å². The molecule has 0 spiro atoms. The zero-order valence-electron chi connectivity index (χ0n) is 22.1. The van der Waals surface area contributed by atoms with Gasteiger partial charge >= 0.3 is 11.9 Å². The molecule has 0 bridgehead atoms. The normalized spacial score (nSPS) is 12.6. The largest absolute Gasteiger partial charge is 0.480 e. The first-order valence-electron chi connectivity index (χ1n) is 12.4. The highest BCUT2D eigenvalue weighted by atomic mass is 32.2. The maximum absolute atomic E-state index is 12.2. The Kier molecular flexibility index (Phi) is 18.8. The molecule has 0 fully saturated rings. The molecule has 0 rings (SSSR count). The van der Waals surface area contributed by atoms with Crippen molar-refractivity contribution < 1.29 is 61.3 Å². The van der Waals surface area contributed by atoms with Gasteiger partial charge in [-0.15, -0.1) is 0 Å². The second-order valence-corrected chi connectivity index (χ2v) is 10.1. The van der Waals surface area contributed by atoms with Crippen LogP contribution < -0.4 is 20.7 Å². The molecule has 40 heavy (non-hydrogen) atoms. The summed E-state index contributed by atoms with van der Waals surface area (Å²) in [6.45, 7) is 2.07. The van der Waals surface area contributed by atoms with Crippen molar-refractivity contribution in [1.29, 1.82) is 0 Å². The van der Waals surface area contributed by atoms with Crippen molar-refractivity contribution in [2.24, 2.45) is 0 Å². The molecule has 0 aromatic carbocycles. The fourth-order valence-corrected chi connectivity index (χ4v) is 4.02. The molecule has 0 aliphatic heterocycles. The molecule has 4 amide bonds. The molecule has 0 saturated heterocycles. The summed E-state index contributed by atoms with van der Waals surface area (Å²) in [5.41, 5.74) is 0. The van der Waals surface area contributed by atoms with Crippen LogP contribution in [0.1, 0.15) is 45.4 Å². The van der Waals surface area contributed by atoms with Gasteiger partial charge in [0.05, 0.1) is 25.6 Å². The standard InChI is InChI=1S/C22H37FN4O12S/c1-2-38-11-12-39-10-9-24-17(28)7-5-15(21(32)33)26-19(30)8-6-16(22(34)35)25-18(29)4-3-13-40(36,37)27-20(31)14-23/h15-16H,2-14H2,1H3,(H,24,28)(H,25,29)(H,26,30)(H,27,31)(H,32,33)(H,34,35). The van der Waals surface area contributed by atoms with Crippen molar-refractivity contribution in [2.75, 3.05) is 45.4 Å². The first-order valence-corrected chi connectivity index (χ1v) is 14.0. The van der Waals surface area contributed by atoms with E-state index in [4.69, 9.17) is 9.47 Å². The molecule has 6 N–H and O–H groups in total. The lowest BCUT2D eigenvalue weighted by Gasteiger charge is -2.17. The summed E-state index contributed by atoms with van der Waals surface area (Å²) in [4.78, 5) is 69.8. The number of nitrogens with one attached hydrogen (secondary N) is 4. The number of hydrogen-bond acceptors (Lipinski definition) is 10. The highest BCUT2D eigenvalue weighted by Crippen LogP contribution is 2.04. The number of alkyl halides is 1. The predicted molar refractivity (Wildman–Crippen MR) is 135 cm³/mol. The van der Waals surface area contributed by atoms with Crippen LogP contribution >= 0.6 is 0 Å². The van der Waals surface area contributed by atoms with Crippen LogP contribution in [0.3, 0.4) is 0 Å². The molecule has 0 aliphatic carbocycles. The van der Waals surface area contributed by atoms with E-state index in [0.29, 0.717) is 19.8 Å². The van der Waals surface area contributed by atoms with Gasteiger partial charge in [0, 0.05) is 32.4 Å². The van der Waals surface area contributed by atoms with E-state index < -0.39 is 89.4 Å². The second kappa shape index (κ2) is 20.5. The number of carbonyl (C=O) groups is 6. The molecule has 0 aliphatic rings. The number of amides is 4. The molecule has 0 aromatic heterocycles. The summed E-state index contributed by atoms with van der Waals surface area (Å²) in [5, 5.41) is 25.5. The minimum absolute atomic E-state index is 0.197. The van der Waals surface area contributed by atoms with Gasteiger partial charge in [0.1, 0.15) is 12.1 Å². The second-order valence-electron chi connectivity index (χ2n) is 8.23. The molecule has 230 valence electrons. The highest BCUT2D eigenvalue weighted by molar-refractivity contribution is 7.90. The smallest absolute Gasteiger partial charge is 0.326 e. The molecule has 0 saturated carbocycles. The summed E-state index contributed by atoms with van der Waals surface area (Å²) in [6.07, 6.45) is -2.07. The van der Waals surface area contributed by atoms with Gasteiger partial charge in [-0.1, -0.05) is 0 Å². The van der Waals surface area contributed by atoms with Gasteiger partial charge in [-0.25, -0.2) is 22.4 Å². The van der Waals surface area contributed by atoms with Gasteiger partial charge in [0.15, 0.2) is 6.67 Å². The molecule has 2 atom stereocenters. The van der Waals surface area contributed by atoms with Crippen LogP contribution in [0.15, 0.2) is 0 Å². The SMILES string of the molecule is CCOCCOCCNC(=O)CCC(NC(=O)CCC(NC(=O)CCCS(=O)(=O)NC(=O)CF)C(=O)O)C(=O)O. The topological polar surface area (TPSA) is 244 Å². The lowest BCUT2D eigenvalue weighted by atomic mass is 10.1. The molecular weight excluding hydrogens is 563 g/mol. The Bertz CT molecular complexity index is 963. The van der Waals surface area contributed by atoms with E-state index in [1.807, 2.05) is 6.92 Å². The van der Waals surface area contributed by atoms with E-state index in [-0.39, 0.29) is 32.4 Å². The van der Waals surface area contributed by atoms with Crippen LogP contribution in [0.25, 0.3) is 0 Å². The predicted octanol–water partition coefficient (Wildman–Crippen LogP) is -1.95. The Labute approximate surface area is 230 Å². The van der Waals surface area contributed by atoms with E-state index >= 15 is 0 Å².